The van der Waals surface area contributed by atoms with Crippen LogP contribution in [0.1, 0.15) is 55.5 Å². The van der Waals surface area contributed by atoms with Crippen molar-refractivity contribution in [1.82, 2.24) is 4.98 Å². The second kappa shape index (κ2) is 11.7. The normalized spacial score (nSPS) is 12.3. The number of nitrogens with zero attached hydrogens (tertiary/aromatic N) is 1. The number of aryl methyl sites for hydroxylation is 1. The van der Waals surface area contributed by atoms with Crippen LogP contribution in [0.15, 0.2) is 60.7 Å². The number of alkyl halides is 3. The number of aromatic nitrogens is 1. The molecule has 8 heteroatoms. The zero-order valence-corrected chi connectivity index (χ0v) is 19.6. The van der Waals surface area contributed by atoms with E-state index in [2.05, 4.69) is 6.92 Å². The Morgan fingerprint density at radius 2 is 1.83 bits per heavy atom. The number of ether oxygens (including phenoxy) is 2. The van der Waals surface area contributed by atoms with Crippen molar-refractivity contribution >= 4 is 5.97 Å². The molecule has 1 unspecified atom stereocenters. The highest BCUT2D eigenvalue weighted by Crippen LogP contribution is 2.33. The molecule has 3 rings (SSSR count). The number of aliphatic carboxylic acids is 1. The van der Waals surface area contributed by atoms with E-state index in [-0.39, 0.29) is 12.5 Å². The van der Waals surface area contributed by atoms with E-state index in [9.17, 15) is 18.0 Å². The number of hydrogen-bond donors (Lipinski definition) is 1. The van der Waals surface area contributed by atoms with E-state index in [4.69, 9.17) is 19.6 Å². The van der Waals surface area contributed by atoms with Crippen LogP contribution in [0.2, 0.25) is 0 Å². The van der Waals surface area contributed by atoms with Gasteiger partial charge < -0.3 is 14.6 Å². The van der Waals surface area contributed by atoms with Crippen LogP contribution in [-0.2, 0) is 17.4 Å². The fourth-order valence-corrected chi connectivity index (χ4v) is 3.69. The Hall–Kier alpha value is -3.55. The van der Waals surface area contributed by atoms with Gasteiger partial charge in [0.2, 0.25) is 0 Å². The summed E-state index contributed by atoms with van der Waals surface area (Å²) in [5.41, 5.74) is 1.88. The largest absolute Gasteiger partial charge is 0.496 e. The predicted molar refractivity (Wildman–Crippen MR) is 127 cm³/mol. The molecule has 35 heavy (non-hydrogen) atoms. The summed E-state index contributed by atoms with van der Waals surface area (Å²) in [7, 11) is 1.52. The third-order valence-corrected chi connectivity index (χ3v) is 5.57. The monoisotopic (exact) mass is 487 g/mol. The molecule has 3 aromatic rings. The van der Waals surface area contributed by atoms with Crippen molar-refractivity contribution in [2.24, 2.45) is 0 Å². The zero-order chi connectivity index (χ0) is 25.4. The highest BCUT2D eigenvalue weighted by molar-refractivity contribution is 5.67. The summed E-state index contributed by atoms with van der Waals surface area (Å²) in [5.74, 6) is 0.222. The predicted octanol–water partition coefficient (Wildman–Crippen LogP) is 7.10. The van der Waals surface area contributed by atoms with Crippen molar-refractivity contribution in [2.75, 3.05) is 7.11 Å². The van der Waals surface area contributed by atoms with E-state index >= 15 is 0 Å². The second-order valence-electron chi connectivity index (χ2n) is 8.14. The van der Waals surface area contributed by atoms with Gasteiger partial charge in [0.15, 0.2) is 0 Å². The summed E-state index contributed by atoms with van der Waals surface area (Å²) in [6.07, 6.45) is -1.88. The van der Waals surface area contributed by atoms with Crippen molar-refractivity contribution in [3.63, 3.8) is 0 Å². The molecule has 1 heterocycles. The summed E-state index contributed by atoms with van der Waals surface area (Å²) in [4.78, 5) is 15.6. The number of benzene rings is 2. The first-order valence-electron chi connectivity index (χ1n) is 11.4. The number of carboxylic acid groups (broad SMARTS) is 1. The Morgan fingerprint density at radius 3 is 2.46 bits per heavy atom. The maximum Gasteiger partial charge on any atom is 0.416 e. The molecule has 0 aliphatic carbocycles. The van der Waals surface area contributed by atoms with Gasteiger partial charge in [0.1, 0.15) is 17.6 Å². The summed E-state index contributed by atoms with van der Waals surface area (Å²) in [6.45, 7) is 2.07. The SMILES string of the molecule is CCCCC(Oc1ccc(CCC(=O)O)c(OC)c1)c1cccc(-c2ccc(C(F)(F)F)cc2)n1. The molecule has 2 aromatic carbocycles. The minimum atomic E-state index is -4.39. The molecule has 0 amide bonds. The quantitative estimate of drug-likeness (QED) is 0.312. The molecule has 1 atom stereocenters. The average molecular weight is 488 g/mol. The van der Waals surface area contributed by atoms with E-state index in [0.29, 0.717) is 41.3 Å². The van der Waals surface area contributed by atoms with Crippen LogP contribution in [0, 0.1) is 0 Å². The summed E-state index contributed by atoms with van der Waals surface area (Å²) >= 11 is 0. The molecule has 0 bridgehead atoms. The molecule has 1 N–H and O–H groups in total. The fourth-order valence-electron chi connectivity index (χ4n) is 3.69. The summed E-state index contributed by atoms with van der Waals surface area (Å²) in [6, 6.07) is 15.6. The van der Waals surface area contributed by atoms with Crippen molar-refractivity contribution in [1.29, 1.82) is 0 Å². The van der Waals surface area contributed by atoms with Gasteiger partial charge in [0.05, 0.1) is 24.1 Å². The Kier molecular flexibility index (Phi) is 8.73. The van der Waals surface area contributed by atoms with Gasteiger partial charge in [-0.1, -0.05) is 37.6 Å². The van der Waals surface area contributed by atoms with Crippen LogP contribution in [-0.4, -0.2) is 23.2 Å². The van der Waals surface area contributed by atoms with E-state index in [1.807, 2.05) is 12.1 Å². The number of hydrogen-bond acceptors (Lipinski definition) is 4. The lowest BCUT2D eigenvalue weighted by Gasteiger charge is -2.20. The first-order valence-corrected chi connectivity index (χ1v) is 11.4. The minimum Gasteiger partial charge on any atom is -0.496 e. The molecule has 186 valence electrons. The van der Waals surface area contributed by atoms with Gasteiger partial charge in [-0.3, -0.25) is 4.79 Å². The lowest BCUT2D eigenvalue weighted by atomic mass is 10.0. The minimum absolute atomic E-state index is 0.00362. The van der Waals surface area contributed by atoms with Crippen molar-refractivity contribution < 1.29 is 32.5 Å². The molecular weight excluding hydrogens is 459 g/mol. The number of methoxy groups -OCH3 is 1. The lowest BCUT2D eigenvalue weighted by Crippen LogP contribution is -2.10. The van der Waals surface area contributed by atoms with Gasteiger partial charge in [-0.25, -0.2) is 4.98 Å². The number of rotatable bonds is 11. The van der Waals surface area contributed by atoms with Crippen LogP contribution in [0.3, 0.4) is 0 Å². The fraction of sp³-hybridized carbons (Fsp3) is 0.333. The third kappa shape index (κ3) is 7.21. The Morgan fingerprint density at radius 1 is 1.09 bits per heavy atom. The van der Waals surface area contributed by atoms with Gasteiger partial charge in [-0.05, 0) is 55.2 Å². The first-order chi connectivity index (χ1) is 16.7. The molecule has 0 radical (unpaired) electrons. The van der Waals surface area contributed by atoms with Crippen LogP contribution in [0.5, 0.6) is 11.5 Å². The van der Waals surface area contributed by atoms with Crippen LogP contribution in [0.4, 0.5) is 13.2 Å². The third-order valence-electron chi connectivity index (χ3n) is 5.57. The molecular formula is C27H28F3NO4. The van der Waals surface area contributed by atoms with Crippen LogP contribution in [0.25, 0.3) is 11.3 Å². The van der Waals surface area contributed by atoms with E-state index in [0.717, 1.165) is 30.5 Å². The highest BCUT2D eigenvalue weighted by atomic mass is 19.4. The van der Waals surface area contributed by atoms with Crippen molar-refractivity contribution in [3.8, 4) is 22.8 Å². The topological polar surface area (TPSA) is 68.7 Å². The maximum atomic E-state index is 12.9. The number of carbonyl (C=O) groups is 1. The standard InChI is InChI=1S/C27H28F3NO4/c1-3-4-8-24(35-21-15-11-19(12-16-26(32)33)25(17-21)34-2)23-7-5-6-22(31-23)18-9-13-20(14-10-18)27(28,29)30/h5-7,9-11,13-15,17,24H,3-4,8,12,16H2,1-2H3,(H,32,33). The number of pyridine rings is 1. The zero-order valence-electron chi connectivity index (χ0n) is 19.6. The average Bonchev–Trinajstić information content (AvgIpc) is 2.85. The summed E-state index contributed by atoms with van der Waals surface area (Å²) < 4.78 is 50.4. The molecule has 5 nitrogen and oxygen atoms in total. The number of carboxylic acids is 1. The summed E-state index contributed by atoms with van der Waals surface area (Å²) in [5, 5.41) is 8.95. The van der Waals surface area contributed by atoms with E-state index < -0.39 is 17.7 Å². The Balaban J connectivity index is 1.85. The number of unbranched alkanes of at least 4 members (excludes halogenated alkanes) is 1. The molecule has 0 aliphatic heterocycles. The molecule has 0 saturated carbocycles. The molecule has 0 fully saturated rings. The van der Waals surface area contributed by atoms with Gasteiger partial charge in [0.25, 0.3) is 0 Å². The molecule has 0 aliphatic rings. The second-order valence-corrected chi connectivity index (χ2v) is 8.14. The molecule has 0 saturated heterocycles. The lowest BCUT2D eigenvalue weighted by molar-refractivity contribution is -0.138. The van der Waals surface area contributed by atoms with Gasteiger partial charge >= 0.3 is 12.1 Å². The molecule has 1 aromatic heterocycles. The van der Waals surface area contributed by atoms with Gasteiger partial charge in [0, 0.05) is 18.1 Å². The Bertz CT molecular complexity index is 1130. The highest BCUT2D eigenvalue weighted by Gasteiger charge is 2.30. The van der Waals surface area contributed by atoms with Gasteiger partial charge in [-0.2, -0.15) is 13.2 Å². The smallest absolute Gasteiger partial charge is 0.416 e. The maximum absolute atomic E-state index is 12.9. The van der Waals surface area contributed by atoms with E-state index in [1.54, 1.807) is 24.3 Å². The number of halogens is 3. The van der Waals surface area contributed by atoms with Crippen molar-refractivity contribution in [2.45, 2.75) is 51.3 Å². The van der Waals surface area contributed by atoms with Crippen LogP contribution < -0.4 is 9.47 Å². The first kappa shape index (κ1) is 26.1. The van der Waals surface area contributed by atoms with Gasteiger partial charge in [-0.15, -0.1) is 0 Å². The Labute approximate surface area is 202 Å². The molecule has 0 spiro atoms. The van der Waals surface area contributed by atoms with Crippen LogP contribution >= 0.6 is 0 Å². The van der Waals surface area contributed by atoms with Crippen molar-refractivity contribution in [3.05, 3.63) is 77.5 Å². The van der Waals surface area contributed by atoms with E-state index in [1.165, 1.54) is 19.2 Å².